The first-order valence-electron chi connectivity index (χ1n) is 11.0. The fraction of sp³-hybridized carbons (Fsp3) is 0.360. The van der Waals surface area contributed by atoms with Gasteiger partial charge in [0.15, 0.2) is 5.65 Å². The lowest BCUT2D eigenvalue weighted by Crippen LogP contribution is -2.36. The number of hydrogen-bond acceptors (Lipinski definition) is 4. The summed E-state index contributed by atoms with van der Waals surface area (Å²) in [6, 6.07) is 19.1. The van der Waals surface area contributed by atoms with Crippen LogP contribution in [0.2, 0.25) is 0 Å². The highest BCUT2D eigenvalue weighted by molar-refractivity contribution is 7.71. The van der Waals surface area contributed by atoms with E-state index in [1.807, 2.05) is 16.8 Å². The van der Waals surface area contributed by atoms with Crippen molar-refractivity contribution in [1.82, 2.24) is 19.1 Å². The number of likely N-dealkylation sites (tertiary alicyclic amines) is 1. The Labute approximate surface area is 187 Å². The number of fused-ring (bicyclic) bond motifs is 3. The van der Waals surface area contributed by atoms with E-state index in [2.05, 4.69) is 58.7 Å². The molecular weight excluding hydrogens is 404 g/mol. The molecule has 0 unspecified atom stereocenters. The van der Waals surface area contributed by atoms with Gasteiger partial charge in [-0.25, -0.2) is 4.68 Å². The van der Waals surface area contributed by atoms with Crippen LogP contribution in [0.25, 0.3) is 16.6 Å². The van der Waals surface area contributed by atoms with Crippen molar-refractivity contribution in [1.29, 1.82) is 0 Å². The summed E-state index contributed by atoms with van der Waals surface area (Å²) in [7, 11) is 1.69. The molecule has 1 aliphatic rings. The van der Waals surface area contributed by atoms with E-state index in [-0.39, 0.29) is 0 Å². The van der Waals surface area contributed by atoms with Gasteiger partial charge in [-0.05, 0) is 73.6 Å². The van der Waals surface area contributed by atoms with Crippen LogP contribution < -0.4 is 4.74 Å². The van der Waals surface area contributed by atoms with Crippen molar-refractivity contribution in [3.8, 4) is 5.75 Å². The molecule has 0 bridgehead atoms. The van der Waals surface area contributed by atoms with Crippen LogP contribution in [0.3, 0.4) is 0 Å². The smallest absolute Gasteiger partial charge is 0.204 e. The van der Waals surface area contributed by atoms with Crippen molar-refractivity contribution in [2.75, 3.05) is 20.2 Å². The Kier molecular flexibility index (Phi) is 5.50. The molecule has 1 saturated heterocycles. The Morgan fingerprint density at radius 1 is 1.06 bits per heavy atom. The molecule has 31 heavy (non-hydrogen) atoms. The Morgan fingerprint density at radius 3 is 2.58 bits per heavy atom. The zero-order valence-corrected chi connectivity index (χ0v) is 18.9. The topological polar surface area (TPSA) is 34.7 Å². The maximum Gasteiger partial charge on any atom is 0.204 e. The van der Waals surface area contributed by atoms with Crippen molar-refractivity contribution in [3.05, 3.63) is 70.5 Å². The van der Waals surface area contributed by atoms with Crippen molar-refractivity contribution < 1.29 is 4.74 Å². The first-order chi connectivity index (χ1) is 15.1. The van der Waals surface area contributed by atoms with Gasteiger partial charge in [0.25, 0.3) is 0 Å². The molecule has 0 radical (unpaired) electrons. The summed E-state index contributed by atoms with van der Waals surface area (Å²) in [5.41, 5.74) is 4.58. The predicted molar refractivity (Wildman–Crippen MR) is 127 cm³/mol. The summed E-state index contributed by atoms with van der Waals surface area (Å²) in [5, 5.41) is 6.02. The molecule has 5 rings (SSSR count). The predicted octanol–water partition coefficient (Wildman–Crippen LogP) is 5.25. The van der Waals surface area contributed by atoms with Gasteiger partial charge in [0.1, 0.15) is 5.75 Å². The standard InChI is InChI=1S/C25H28N4OS/c1-18-14-24-26-28(25(31)29(24)23-16-21(30-2)8-9-22(18)23)17-27-12-10-20(11-13-27)15-19-6-4-3-5-7-19/h3-9,14,16,20H,10-13,15,17H2,1-2H3. The molecule has 5 nitrogen and oxygen atoms in total. The quantitative estimate of drug-likeness (QED) is 0.404. The van der Waals surface area contributed by atoms with Gasteiger partial charge in [0, 0.05) is 24.5 Å². The summed E-state index contributed by atoms with van der Waals surface area (Å²) >= 11 is 5.85. The van der Waals surface area contributed by atoms with E-state index in [1.165, 1.54) is 35.8 Å². The molecule has 3 heterocycles. The fourth-order valence-electron chi connectivity index (χ4n) is 4.73. The van der Waals surface area contributed by atoms with Crippen LogP contribution in [0.1, 0.15) is 24.0 Å². The number of methoxy groups -OCH3 is 1. The minimum atomic E-state index is 0.736. The minimum Gasteiger partial charge on any atom is -0.497 e. The van der Waals surface area contributed by atoms with Crippen LogP contribution in [0.5, 0.6) is 5.75 Å². The van der Waals surface area contributed by atoms with Crippen molar-refractivity contribution in [2.24, 2.45) is 5.92 Å². The average molecular weight is 433 g/mol. The van der Waals surface area contributed by atoms with E-state index in [1.54, 1.807) is 7.11 Å². The molecule has 160 valence electrons. The summed E-state index contributed by atoms with van der Waals surface area (Å²) < 4.78 is 10.2. The number of aromatic nitrogens is 3. The van der Waals surface area contributed by atoms with Crippen LogP contribution in [-0.4, -0.2) is 39.3 Å². The third-order valence-electron chi connectivity index (χ3n) is 6.49. The molecule has 2 aromatic carbocycles. The Balaban J connectivity index is 1.36. The second kappa shape index (κ2) is 8.44. The summed E-state index contributed by atoms with van der Waals surface area (Å²) in [5.74, 6) is 1.58. The first kappa shape index (κ1) is 20.2. The van der Waals surface area contributed by atoms with Crippen molar-refractivity contribution >= 4 is 28.8 Å². The summed E-state index contributed by atoms with van der Waals surface area (Å²) in [6.07, 6.45) is 3.61. The van der Waals surface area contributed by atoms with Crippen LogP contribution >= 0.6 is 12.2 Å². The lowest BCUT2D eigenvalue weighted by Gasteiger charge is -2.31. The van der Waals surface area contributed by atoms with Crippen molar-refractivity contribution in [3.63, 3.8) is 0 Å². The third-order valence-corrected chi connectivity index (χ3v) is 6.88. The molecule has 4 aromatic rings. The normalized spacial score (nSPS) is 15.7. The number of hydrogen-bond donors (Lipinski definition) is 0. The molecule has 0 N–H and O–H groups in total. The van der Waals surface area contributed by atoms with Crippen LogP contribution in [0, 0.1) is 17.6 Å². The molecule has 0 atom stereocenters. The number of nitrogens with zero attached hydrogens (tertiary/aromatic N) is 4. The summed E-state index contributed by atoms with van der Waals surface area (Å²) in [4.78, 5) is 2.47. The largest absolute Gasteiger partial charge is 0.497 e. The van der Waals surface area contributed by atoms with Gasteiger partial charge in [-0.2, -0.15) is 5.10 Å². The number of rotatable bonds is 5. The third kappa shape index (κ3) is 3.98. The van der Waals surface area contributed by atoms with E-state index >= 15 is 0 Å². The molecule has 0 spiro atoms. The Bertz CT molecular complexity index is 1270. The Morgan fingerprint density at radius 2 is 1.84 bits per heavy atom. The highest BCUT2D eigenvalue weighted by atomic mass is 32.1. The fourth-order valence-corrected chi connectivity index (χ4v) is 5.02. The first-order valence-corrected chi connectivity index (χ1v) is 11.4. The van der Waals surface area contributed by atoms with E-state index < -0.39 is 0 Å². The van der Waals surface area contributed by atoms with E-state index in [9.17, 15) is 0 Å². The highest BCUT2D eigenvalue weighted by Gasteiger charge is 2.21. The molecule has 1 fully saturated rings. The average Bonchev–Trinajstić information content (AvgIpc) is 3.10. The van der Waals surface area contributed by atoms with Gasteiger partial charge in [-0.15, -0.1) is 0 Å². The zero-order valence-electron chi connectivity index (χ0n) is 18.1. The van der Waals surface area contributed by atoms with Crippen molar-refractivity contribution in [2.45, 2.75) is 32.9 Å². The summed E-state index contributed by atoms with van der Waals surface area (Å²) in [6.45, 7) is 5.03. The molecule has 1 aliphatic heterocycles. The monoisotopic (exact) mass is 432 g/mol. The molecule has 6 heteroatoms. The molecular formula is C25H28N4OS. The number of aryl methyl sites for hydroxylation is 1. The maximum absolute atomic E-state index is 5.85. The number of pyridine rings is 1. The second-order valence-electron chi connectivity index (χ2n) is 8.58. The van der Waals surface area contributed by atoms with Gasteiger partial charge >= 0.3 is 0 Å². The van der Waals surface area contributed by atoms with E-state index in [0.717, 1.165) is 47.4 Å². The lowest BCUT2D eigenvalue weighted by atomic mass is 9.90. The molecule has 0 saturated carbocycles. The van der Waals surface area contributed by atoms with Gasteiger partial charge in [0.2, 0.25) is 4.77 Å². The SMILES string of the molecule is COc1ccc2c(C)cc3nn(CN4CCC(Cc5ccccc5)CC4)c(=S)n3c2c1. The van der Waals surface area contributed by atoms with Gasteiger partial charge in [-0.1, -0.05) is 30.3 Å². The van der Waals surface area contributed by atoms with Crippen LogP contribution in [0.15, 0.2) is 54.6 Å². The zero-order chi connectivity index (χ0) is 21.4. The van der Waals surface area contributed by atoms with Gasteiger partial charge < -0.3 is 4.74 Å². The minimum absolute atomic E-state index is 0.736. The van der Waals surface area contributed by atoms with Crippen LogP contribution in [0.4, 0.5) is 0 Å². The maximum atomic E-state index is 5.85. The number of piperidine rings is 1. The number of benzene rings is 2. The number of ether oxygens (including phenoxy) is 1. The van der Waals surface area contributed by atoms with Gasteiger partial charge in [-0.3, -0.25) is 9.30 Å². The molecule has 2 aromatic heterocycles. The second-order valence-corrected chi connectivity index (χ2v) is 8.94. The molecule has 0 aliphatic carbocycles. The lowest BCUT2D eigenvalue weighted by molar-refractivity contribution is 0.140. The highest BCUT2D eigenvalue weighted by Crippen LogP contribution is 2.26. The van der Waals surface area contributed by atoms with Crippen LogP contribution in [-0.2, 0) is 13.1 Å². The van der Waals surface area contributed by atoms with E-state index in [4.69, 9.17) is 22.1 Å². The molecule has 0 amide bonds. The van der Waals surface area contributed by atoms with E-state index in [0.29, 0.717) is 0 Å². The Hall–Kier alpha value is -2.70. The van der Waals surface area contributed by atoms with Gasteiger partial charge in [0.05, 0.1) is 19.3 Å².